The molecule has 0 aromatic heterocycles. The summed E-state index contributed by atoms with van der Waals surface area (Å²) in [6.07, 6.45) is -1.13. The van der Waals surface area contributed by atoms with Crippen LogP contribution in [0.2, 0.25) is 0 Å². The van der Waals surface area contributed by atoms with Crippen LogP contribution >= 0.6 is 11.8 Å². The Labute approximate surface area is 137 Å². The maximum Gasteiger partial charge on any atom is 0.416 e. The van der Waals surface area contributed by atoms with Crippen LogP contribution < -0.4 is 0 Å². The minimum Gasteiger partial charge on any atom is -0.381 e. The third-order valence-corrected chi connectivity index (χ3v) is 4.27. The highest BCUT2D eigenvalue weighted by Crippen LogP contribution is 2.32. The molecule has 1 nitrogen and oxygen atoms in total. The minimum absolute atomic E-state index is 0.216. The van der Waals surface area contributed by atoms with Crippen LogP contribution in [0.4, 0.5) is 13.2 Å². The highest BCUT2D eigenvalue weighted by molar-refractivity contribution is 7.99. The van der Waals surface area contributed by atoms with E-state index in [-0.39, 0.29) is 5.56 Å². The molecule has 0 saturated heterocycles. The Morgan fingerprint density at radius 3 is 2.30 bits per heavy atom. The number of benzene rings is 2. The molecular weight excluding hydrogens is 321 g/mol. The van der Waals surface area contributed by atoms with E-state index < -0.39 is 17.3 Å². The normalized spacial score (nSPS) is 14.8. The first kappa shape index (κ1) is 17.6. The summed E-state index contributed by atoms with van der Waals surface area (Å²) in [6, 6.07) is 14.5. The molecule has 0 radical (unpaired) electrons. The molecule has 0 aliphatic heterocycles. The molecule has 0 spiro atoms. The van der Waals surface area contributed by atoms with E-state index in [1.807, 2.05) is 30.3 Å². The number of alkyl halides is 3. The number of thioether (sulfide) groups is 1. The lowest BCUT2D eigenvalue weighted by molar-refractivity contribution is -0.137. The molecule has 2 rings (SSSR count). The third kappa shape index (κ3) is 5.15. The van der Waals surface area contributed by atoms with Gasteiger partial charge in [0.05, 0.1) is 5.56 Å². The van der Waals surface area contributed by atoms with Gasteiger partial charge in [-0.25, -0.2) is 0 Å². The zero-order valence-electron chi connectivity index (χ0n) is 12.5. The van der Waals surface area contributed by atoms with Crippen molar-refractivity contribution in [3.8, 4) is 0 Å². The van der Waals surface area contributed by atoms with Crippen molar-refractivity contribution in [2.24, 2.45) is 0 Å². The van der Waals surface area contributed by atoms with Gasteiger partial charge in [-0.1, -0.05) is 42.5 Å². The predicted molar refractivity (Wildman–Crippen MR) is 87.3 cm³/mol. The molecule has 23 heavy (non-hydrogen) atoms. The first-order valence-electron chi connectivity index (χ1n) is 7.05. The molecule has 0 heterocycles. The molecule has 2 aromatic carbocycles. The van der Waals surface area contributed by atoms with E-state index in [1.165, 1.54) is 25.1 Å². The van der Waals surface area contributed by atoms with E-state index in [4.69, 9.17) is 0 Å². The van der Waals surface area contributed by atoms with Gasteiger partial charge in [0.15, 0.2) is 0 Å². The van der Waals surface area contributed by atoms with Crippen molar-refractivity contribution in [2.75, 3.05) is 5.75 Å². The van der Waals surface area contributed by atoms with E-state index in [1.54, 1.807) is 17.8 Å². The zero-order valence-corrected chi connectivity index (χ0v) is 13.4. The monoisotopic (exact) mass is 338 g/mol. The fourth-order valence-electron chi connectivity index (χ4n) is 2.05. The summed E-state index contributed by atoms with van der Waals surface area (Å²) in [4.78, 5) is 1.09. The maximum atomic E-state index is 12.7. The minimum atomic E-state index is -4.42. The molecule has 0 amide bonds. The Kier molecular flexibility index (Phi) is 5.55. The molecule has 0 aliphatic carbocycles. The van der Waals surface area contributed by atoms with Gasteiger partial charge in [-0.2, -0.15) is 13.2 Å². The Morgan fingerprint density at radius 1 is 1.00 bits per heavy atom. The van der Waals surface area contributed by atoms with Crippen molar-refractivity contribution < 1.29 is 18.3 Å². The fourth-order valence-corrected chi connectivity index (χ4v) is 2.78. The van der Waals surface area contributed by atoms with E-state index in [9.17, 15) is 18.3 Å². The van der Waals surface area contributed by atoms with Gasteiger partial charge >= 0.3 is 6.18 Å². The van der Waals surface area contributed by atoms with Crippen molar-refractivity contribution in [2.45, 2.75) is 23.6 Å². The predicted octanol–water partition coefficient (Wildman–Crippen LogP) is 5.26. The largest absolute Gasteiger partial charge is 0.416 e. The van der Waals surface area contributed by atoms with Gasteiger partial charge < -0.3 is 5.11 Å². The Hall–Kier alpha value is -1.72. The Balaban J connectivity index is 2.05. The molecule has 0 unspecified atom stereocenters. The SMILES string of the molecule is C[C@](O)(/C=C/CSc1ccccc1)c1cccc(C(F)(F)F)c1. The van der Waals surface area contributed by atoms with Crippen molar-refractivity contribution in [3.63, 3.8) is 0 Å². The molecule has 0 fully saturated rings. The van der Waals surface area contributed by atoms with Gasteiger partial charge in [0, 0.05) is 10.6 Å². The van der Waals surface area contributed by atoms with E-state index in [0.29, 0.717) is 5.75 Å². The zero-order chi connectivity index (χ0) is 16.9. The van der Waals surface area contributed by atoms with Crippen molar-refractivity contribution >= 4 is 11.8 Å². The molecule has 5 heteroatoms. The number of hydrogen-bond acceptors (Lipinski definition) is 2. The van der Waals surface area contributed by atoms with Gasteiger partial charge in [0.1, 0.15) is 5.60 Å². The topological polar surface area (TPSA) is 20.2 Å². The summed E-state index contributed by atoms with van der Waals surface area (Å²) in [6.45, 7) is 1.48. The lowest BCUT2D eigenvalue weighted by Crippen LogP contribution is -2.19. The first-order chi connectivity index (χ1) is 10.8. The van der Waals surface area contributed by atoms with Crippen LogP contribution in [-0.4, -0.2) is 10.9 Å². The summed E-state index contributed by atoms with van der Waals surface area (Å²) >= 11 is 1.59. The second-order valence-corrected chi connectivity index (χ2v) is 6.35. The summed E-state index contributed by atoms with van der Waals surface area (Å²) in [5.41, 5.74) is -1.99. The number of aliphatic hydroxyl groups is 1. The molecule has 122 valence electrons. The molecule has 0 bridgehead atoms. The van der Waals surface area contributed by atoms with Gasteiger partial charge in [-0.3, -0.25) is 0 Å². The molecule has 1 atom stereocenters. The van der Waals surface area contributed by atoms with Gasteiger partial charge in [-0.05, 0) is 36.8 Å². The molecule has 0 saturated carbocycles. The van der Waals surface area contributed by atoms with Crippen LogP contribution in [-0.2, 0) is 11.8 Å². The average molecular weight is 338 g/mol. The van der Waals surface area contributed by atoms with E-state index in [0.717, 1.165) is 17.0 Å². The molecular formula is C18H17F3OS. The van der Waals surface area contributed by atoms with Crippen molar-refractivity contribution in [3.05, 3.63) is 77.9 Å². The second kappa shape index (κ2) is 7.23. The number of halogens is 3. The van der Waals surface area contributed by atoms with Crippen LogP contribution in [0, 0.1) is 0 Å². The molecule has 0 aliphatic rings. The fraction of sp³-hybridized carbons (Fsp3) is 0.222. The van der Waals surface area contributed by atoms with Gasteiger partial charge in [-0.15, -0.1) is 11.8 Å². The average Bonchev–Trinajstić information content (AvgIpc) is 2.52. The standard InChI is InChI=1S/C18H17F3OS/c1-17(22,11-6-12-23-16-9-3-2-4-10-16)14-7-5-8-15(13-14)18(19,20)21/h2-11,13,22H,12H2,1H3/b11-6+/t17-/m0/s1. The van der Waals surface area contributed by atoms with E-state index >= 15 is 0 Å². The maximum absolute atomic E-state index is 12.7. The lowest BCUT2D eigenvalue weighted by Gasteiger charge is -2.21. The van der Waals surface area contributed by atoms with E-state index in [2.05, 4.69) is 0 Å². The molecule has 1 N–H and O–H groups in total. The van der Waals surface area contributed by atoms with Crippen LogP contribution in [0.15, 0.2) is 71.6 Å². The first-order valence-corrected chi connectivity index (χ1v) is 8.03. The summed E-state index contributed by atoms with van der Waals surface area (Å²) in [5.74, 6) is 0.624. The van der Waals surface area contributed by atoms with Gasteiger partial charge in [0.2, 0.25) is 0 Å². The highest BCUT2D eigenvalue weighted by Gasteiger charge is 2.32. The summed E-state index contributed by atoms with van der Waals surface area (Å²) < 4.78 is 38.2. The van der Waals surface area contributed by atoms with Crippen molar-refractivity contribution in [1.29, 1.82) is 0 Å². The lowest BCUT2D eigenvalue weighted by atomic mass is 9.94. The highest BCUT2D eigenvalue weighted by atomic mass is 32.2. The van der Waals surface area contributed by atoms with Crippen LogP contribution in [0.25, 0.3) is 0 Å². The van der Waals surface area contributed by atoms with Crippen LogP contribution in [0.5, 0.6) is 0 Å². The number of rotatable bonds is 5. The quantitative estimate of drug-likeness (QED) is 0.593. The summed E-state index contributed by atoms with van der Waals surface area (Å²) in [5, 5.41) is 10.4. The Bertz CT molecular complexity index is 663. The van der Waals surface area contributed by atoms with Gasteiger partial charge in [0.25, 0.3) is 0 Å². The van der Waals surface area contributed by atoms with Crippen molar-refractivity contribution in [1.82, 2.24) is 0 Å². The van der Waals surface area contributed by atoms with Crippen LogP contribution in [0.3, 0.4) is 0 Å². The Morgan fingerprint density at radius 2 is 1.65 bits per heavy atom. The second-order valence-electron chi connectivity index (χ2n) is 5.25. The third-order valence-electron chi connectivity index (χ3n) is 3.31. The summed E-state index contributed by atoms with van der Waals surface area (Å²) in [7, 11) is 0. The number of hydrogen-bond donors (Lipinski definition) is 1. The van der Waals surface area contributed by atoms with Crippen LogP contribution in [0.1, 0.15) is 18.1 Å². The molecule has 2 aromatic rings. The smallest absolute Gasteiger partial charge is 0.381 e.